The molecular formula is C15H16ClFN4O4. The summed E-state index contributed by atoms with van der Waals surface area (Å²) in [6, 6.07) is 2.27. The van der Waals surface area contributed by atoms with Crippen molar-refractivity contribution in [3.05, 3.63) is 29.1 Å². The molecular weight excluding hydrogens is 355 g/mol. The predicted octanol–water partition coefficient (Wildman–Crippen LogP) is 0.252. The van der Waals surface area contributed by atoms with Crippen molar-refractivity contribution >= 4 is 41.8 Å². The van der Waals surface area contributed by atoms with Crippen LogP contribution in [0.3, 0.4) is 0 Å². The average Bonchev–Trinajstić information content (AvgIpc) is 2.75. The van der Waals surface area contributed by atoms with Crippen molar-refractivity contribution in [2.24, 2.45) is 0 Å². The van der Waals surface area contributed by atoms with E-state index in [9.17, 15) is 23.6 Å². The number of halogens is 2. The summed E-state index contributed by atoms with van der Waals surface area (Å²) in [5.74, 6) is -3.35. The van der Waals surface area contributed by atoms with E-state index in [1.54, 1.807) is 6.07 Å². The van der Waals surface area contributed by atoms with Gasteiger partial charge in [0.1, 0.15) is 12.4 Å². The Morgan fingerprint density at radius 1 is 1.28 bits per heavy atom. The molecule has 2 N–H and O–H groups in total. The molecule has 0 atom stereocenters. The molecule has 2 aliphatic heterocycles. The first-order valence-corrected chi connectivity index (χ1v) is 7.34. The number of fused-ring (bicyclic) bond motifs is 1. The zero-order valence-corrected chi connectivity index (χ0v) is 14.1. The van der Waals surface area contributed by atoms with Gasteiger partial charge >= 0.3 is 17.8 Å². The normalized spacial score (nSPS) is 16.6. The lowest BCUT2D eigenvalue weighted by Gasteiger charge is -2.20. The van der Waals surface area contributed by atoms with Gasteiger partial charge in [0.15, 0.2) is 0 Å². The van der Waals surface area contributed by atoms with Gasteiger partial charge in [-0.1, -0.05) is 6.07 Å². The van der Waals surface area contributed by atoms with Crippen molar-refractivity contribution in [3.63, 3.8) is 0 Å². The second-order valence-corrected chi connectivity index (χ2v) is 5.58. The monoisotopic (exact) mass is 370 g/mol. The maximum absolute atomic E-state index is 14.5. The van der Waals surface area contributed by atoms with Crippen LogP contribution in [-0.4, -0.2) is 53.7 Å². The van der Waals surface area contributed by atoms with E-state index < -0.39 is 36.1 Å². The third-order valence-corrected chi connectivity index (χ3v) is 4.03. The van der Waals surface area contributed by atoms with E-state index in [0.717, 1.165) is 12.6 Å². The number of urea groups is 1. The first-order valence-electron chi connectivity index (χ1n) is 7.34. The SMILES string of the molecule is CN1C(=O)C(=O)N(CC(=O)Nc2ccc3c(c2F)CCNC3)C1=O.Cl. The molecule has 1 fully saturated rings. The molecule has 0 aromatic heterocycles. The molecule has 10 heteroatoms. The van der Waals surface area contributed by atoms with Gasteiger partial charge in [-0.05, 0) is 30.2 Å². The molecule has 1 saturated heterocycles. The molecule has 0 aliphatic carbocycles. The molecule has 25 heavy (non-hydrogen) atoms. The van der Waals surface area contributed by atoms with E-state index in [0.29, 0.717) is 34.9 Å². The minimum atomic E-state index is -1.07. The Labute approximate surface area is 148 Å². The number of carbonyl (C=O) groups is 4. The van der Waals surface area contributed by atoms with E-state index in [1.165, 1.54) is 6.07 Å². The number of anilines is 1. The number of nitrogens with zero attached hydrogens (tertiary/aromatic N) is 2. The maximum atomic E-state index is 14.5. The second-order valence-electron chi connectivity index (χ2n) is 5.58. The molecule has 0 spiro atoms. The van der Waals surface area contributed by atoms with Gasteiger partial charge in [0.25, 0.3) is 0 Å². The summed E-state index contributed by atoms with van der Waals surface area (Å²) in [4.78, 5) is 47.9. The highest BCUT2D eigenvalue weighted by Crippen LogP contribution is 2.24. The highest BCUT2D eigenvalue weighted by Gasteiger charge is 2.43. The van der Waals surface area contributed by atoms with Gasteiger partial charge in [-0.2, -0.15) is 0 Å². The minimum absolute atomic E-state index is 0. The van der Waals surface area contributed by atoms with Crippen molar-refractivity contribution in [1.29, 1.82) is 0 Å². The van der Waals surface area contributed by atoms with Crippen molar-refractivity contribution in [1.82, 2.24) is 15.1 Å². The van der Waals surface area contributed by atoms with Gasteiger partial charge < -0.3 is 10.6 Å². The lowest BCUT2D eigenvalue weighted by atomic mass is 9.99. The van der Waals surface area contributed by atoms with Crippen LogP contribution < -0.4 is 10.6 Å². The average molecular weight is 371 g/mol. The van der Waals surface area contributed by atoms with Gasteiger partial charge in [0, 0.05) is 13.6 Å². The molecule has 3 rings (SSSR count). The topological polar surface area (TPSA) is 98.8 Å². The first kappa shape index (κ1) is 18.8. The third kappa shape index (κ3) is 3.33. The van der Waals surface area contributed by atoms with E-state index in [-0.39, 0.29) is 18.1 Å². The van der Waals surface area contributed by atoms with E-state index in [4.69, 9.17) is 0 Å². The summed E-state index contributed by atoms with van der Waals surface area (Å²) in [6.07, 6.45) is 0.507. The fourth-order valence-corrected chi connectivity index (χ4v) is 2.72. The molecule has 0 saturated carbocycles. The number of nitrogens with one attached hydrogen (secondary N) is 2. The zero-order chi connectivity index (χ0) is 17.4. The molecule has 0 radical (unpaired) electrons. The quantitative estimate of drug-likeness (QED) is 0.587. The summed E-state index contributed by atoms with van der Waals surface area (Å²) >= 11 is 0. The minimum Gasteiger partial charge on any atom is -0.322 e. The number of amides is 5. The van der Waals surface area contributed by atoms with E-state index in [1.807, 2.05) is 0 Å². The van der Waals surface area contributed by atoms with Crippen LogP contribution in [0.2, 0.25) is 0 Å². The van der Waals surface area contributed by atoms with Crippen molar-refractivity contribution in [2.45, 2.75) is 13.0 Å². The van der Waals surface area contributed by atoms with Crippen LogP contribution in [0, 0.1) is 5.82 Å². The molecule has 2 aliphatic rings. The Balaban J connectivity index is 0.00000225. The number of imide groups is 2. The van der Waals surface area contributed by atoms with Gasteiger partial charge in [-0.15, -0.1) is 12.4 Å². The fraction of sp³-hybridized carbons (Fsp3) is 0.333. The van der Waals surface area contributed by atoms with Crippen LogP contribution in [0.1, 0.15) is 11.1 Å². The number of benzene rings is 1. The third-order valence-electron chi connectivity index (χ3n) is 4.03. The Hall–Kier alpha value is -2.52. The lowest BCUT2D eigenvalue weighted by molar-refractivity contribution is -0.143. The maximum Gasteiger partial charge on any atom is 0.334 e. The number of hydrogen-bond acceptors (Lipinski definition) is 5. The first-order chi connectivity index (χ1) is 11.4. The van der Waals surface area contributed by atoms with Crippen LogP contribution in [0.4, 0.5) is 14.9 Å². The standard InChI is InChI=1S/C15H15FN4O4.ClH/c1-19-13(22)14(23)20(15(19)24)7-11(21)18-10-3-2-8-6-17-5-4-9(8)12(10)16;/h2-3,17H,4-7H2,1H3,(H,18,21);1H. The molecule has 134 valence electrons. The summed E-state index contributed by atoms with van der Waals surface area (Å²) in [5, 5.41) is 5.47. The summed E-state index contributed by atoms with van der Waals surface area (Å²) in [6.45, 7) is 0.560. The van der Waals surface area contributed by atoms with E-state index in [2.05, 4.69) is 10.6 Å². The van der Waals surface area contributed by atoms with Gasteiger partial charge in [-0.25, -0.2) is 14.1 Å². The lowest BCUT2D eigenvalue weighted by Crippen LogP contribution is -2.38. The largest absolute Gasteiger partial charge is 0.334 e. The highest BCUT2D eigenvalue weighted by atomic mass is 35.5. The summed E-state index contributed by atoms with van der Waals surface area (Å²) < 4.78 is 14.5. The molecule has 5 amide bonds. The second kappa shape index (κ2) is 7.16. The number of carbonyl (C=O) groups excluding carboxylic acids is 4. The zero-order valence-electron chi connectivity index (χ0n) is 13.3. The van der Waals surface area contributed by atoms with Crippen molar-refractivity contribution in [3.8, 4) is 0 Å². The van der Waals surface area contributed by atoms with Crippen molar-refractivity contribution in [2.75, 3.05) is 25.5 Å². The molecule has 0 unspecified atom stereocenters. The Bertz CT molecular complexity index is 770. The molecule has 0 bridgehead atoms. The summed E-state index contributed by atoms with van der Waals surface area (Å²) in [5.41, 5.74) is 1.35. The molecule has 8 nitrogen and oxygen atoms in total. The van der Waals surface area contributed by atoms with Crippen molar-refractivity contribution < 1.29 is 23.6 Å². The Kier molecular flexibility index (Phi) is 5.39. The van der Waals surface area contributed by atoms with E-state index >= 15 is 0 Å². The van der Waals surface area contributed by atoms with Gasteiger partial charge in [0.2, 0.25) is 5.91 Å². The molecule has 1 aromatic carbocycles. The number of hydrogen-bond donors (Lipinski definition) is 2. The van der Waals surface area contributed by atoms with Crippen LogP contribution in [0.15, 0.2) is 12.1 Å². The van der Waals surface area contributed by atoms with Crippen LogP contribution in [-0.2, 0) is 27.3 Å². The van der Waals surface area contributed by atoms with Gasteiger partial charge in [0.05, 0.1) is 5.69 Å². The molecule has 1 aromatic rings. The summed E-state index contributed by atoms with van der Waals surface area (Å²) in [7, 11) is 1.15. The van der Waals surface area contributed by atoms with Crippen LogP contribution >= 0.6 is 12.4 Å². The fourth-order valence-electron chi connectivity index (χ4n) is 2.72. The van der Waals surface area contributed by atoms with Crippen LogP contribution in [0.5, 0.6) is 0 Å². The van der Waals surface area contributed by atoms with Gasteiger partial charge in [-0.3, -0.25) is 19.3 Å². The predicted molar refractivity (Wildman–Crippen MR) is 87.6 cm³/mol. The number of rotatable bonds is 3. The smallest absolute Gasteiger partial charge is 0.322 e. The highest BCUT2D eigenvalue weighted by molar-refractivity contribution is 6.44. The molecule has 2 heterocycles. The number of likely N-dealkylation sites (N-methyl/N-ethyl adjacent to an activating group) is 1. The Morgan fingerprint density at radius 3 is 2.64 bits per heavy atom. The van der Waals surface area contributed by atoms with Crippen LogP contribution in [0.25, 0.3) is 0 Å². The Morgan fingerprint density at radius 2 is 2.00 bits per heavy atom.